The third-order valence-electron chi connectivity index (χ3n) is 2.69. The summed E-state index contributed by atoms with van der Waals surface area (Å²) >= 11 is 0. The van der Waals surface area contributed by atoms with Crippen LogP contribution in [0.4, 0.5) is 4.79 Å². The fourth-order valence-electron chi connectivity index (χ4n) is 1.73. The van der Waals surface area contributed by atoms with Gasteiger partial charge in [-0.05, 0) is 26.2 Å². The van der Waals surface area contributed by atoms with Crippen LogP contribution >= 0.6 is 0 Å². The van der Waals surface area contributed by atoms with Crippen LogP contribution in [0.2, 0.25) is 0 Å². The molecule has 6 nitrogen and oxygen atoms in total. The molecule has 0 spiro atoms. The fraction of sp³-hybridized carbons (Fsp3) is 0.867. The van der Waals surface area contributed by atoms with Crippen molar-refractivity contribution < 1.29 is 23.8 Å². The summed E-state index contributed by atoms with van der Waals surface area (Å²) in [5.41, 5.74) is -0.605. The van der Waals surface area contributed by atoms with Gasteiger partial charge in [0.05, 0.1) is 19.8 Å². The number of nitrogens with zero attached hydrogens (tertiary/aromatic N) is 1. The molecular weight excluding hydrogens is 274 g/mol. The minimum Gasteiger partial charge on any atom is -0.444 e. The Hall–Kier alpha value is -1.14. The summed E-state index contributed by atoms with van der Waals surface area (Å²) in [6.07, 6.45) is -0.357. The zero-order valence-electron chi connectivity index (χ0n) is 13.8. The van der Waals surface area contributed by atoms with Crippen LogP contribution in [0.1, 0.15) is 41.5 Å². The summed E-state index contributed by atoms with van der Waals surface area (Å²) in [4.78, 5) is 24.6. The zero-order valence-corrected chi connectivity index (χ0v) is 13.8. The van der Waals surface area contributed by atoms with Crippen molar-refractivity contribution in [3.63, 3.8) is 0 Å². The molecule has 0 radical (unpaired) electrons. The second kappa shape index (κ2) is 6.75. The summed E-state index contributed by atoms with van der Waals surface area (Å²) in [7, 11) is 0. The van der Waals surface area contributed by atoms with Crippen molar-refractivity contribution in [3.8, 4) is 0 Å². The molecule has 122 valence electrons. The Morgan fingerprint density at radius 2 is 1.90 bits per heavy atom. The van der Waals surface area contributed by atoms with E-state index >= 15 is 0 Å². The maximum Gasteiger partial charge on any atom is 0.411 e. The second-order valence-corrected chi connectivity index (χ2v) is 7.47. The summed E-state index contributed by atoms with van der Waals surface area (Å²) in [5, 5.41) is 0. The first kappa shape index (κ1) is 17.9. The van der Waals surface area contributed by atoms with Crippen LogP contribution in [-0.4, -0.2) is 55.0 Å². The van der Waals surface area contributed by atoms with Crippen LogP contribution in [0.15, 0.2) is 0 Å². The standard InChI is InChI=1S/C15H27NO5/c1-14(2,3)10-20-12-7-16(11(8-17)9-19-12)13(18)21-15(4,5)6/h8,11-12H,7,9-10H2,1-6H3/t11-,12-/m0/s1. The van der Waals surface area contributed by atoms with Crippen molar-refractivity contribution in [3.05, 3.63) is 0 Å². The molecular formula is C15H27NO5. The molecule has 0 N–H and O–H groups in total. The molecule has 0 unspecified atom stereocenters. The Morgan fingerprint density at radius 3 is 2.38 bits per heavy atom. The average Bonchev–Trinajstić information content (AvgIpc) is 2.33. The lowest BCUT2D eigenvalue weighted by molar-refractivity contribution is -0.198. The van der Waals surface area contributed by atoms with Gasteiger partial charge in [-0.1, -0.05) is 20.8 Å². The third kappa shape index (κ3) is 6.44. The molecule has 1 heterocycles. The van der Waals surface area contributed by atoms with Gasteiger partial charge in [0, 0.05) is 0 Å². The average molecular weight is 301 g/mol. The van der Waals surface area contributed by atoms with E-state index in [0.29, 0.717) is 12.9 Å². The van der Waals surface area contributed by atoms with Crippen molar-refractivity contribution in [1.29, 1.82) is 0 Å². The highest BCUT2D eigenvalue weighted by molar-refractivity contribution is 5.74. The number of morpholine rings is 1. The molecule has 6 heteroatoms. The lowest BCUT2D eigenvalue weighted by Crippen LogP contribution is -2.55. The van der Waals surface area contributed by atoms with Gasteiger partial charge in [-0.15, -0.1) is 0 Å². The molecule has 0 bridgehead atoms. The van der Waals surface area contributed by atoms with Crippen LogP contribution < -0.4 is 0 Å². The van der Waals surface area contributed by atoms with Crippen LogP contribution in [-0.2, 0) is 19.0 Å². The van der Waals surface area contributed by atoms with Crippen molar-refractivity contribution >= 4 is 12.4 Å². The normalized spacial score (nSPS) is 23.8. The maximum absolute atomic E-state index is 12.2. The van der Waals surface area contributed by atoms with Crippen LogP contribution in [0.3, 0.4) is 0 Å². The van der Waals surface area contributed by atoms with Crippen molar-refractivity contribution in [2.24, 2.45) is 5.41 Å². The van der Waals surface area contributed by atoms with E-state index in [-0.39, 0.29) is 18.6 Å². The number of hydrogen-bond acceptors (Lipinski definition) is 5. The second-order valence-electron chi connectivity index (χ2n) is 7.47. The Balaban J connectivity index is 2.65. The van der Waals surface area contributed by atoms with E-state index in [9.17, 15) is 9.59 Å². The molecule has 1 saturated heterocycles. The Labute approximate surface area is 126 Å². The number of amides is 1. The lowest BCUT2D eigenvalue weighted by atomic mass is 9.99. The molecule has 1 aliphatic heterocycles. The molecule has 0 aromatic heterocycles. The minimum atomic E-state index is -0.630. The van der Waals surface area contributed by atoms with Gasteiger partial charge in [0.2, 0.25) is 0 Å². The molecule has 2 atom stereocenters. The molecule has 0 aromatic rings. The number of carbonyl (C=O) groups excluding carboxylic acids is 2. The van der Waals surface area contributed by atoms with Gasteiger partial charge >= 0.3 is 6.09 Å². The van der Waals surface area contributed by atoms with Gasteiger partial charge < -0.3 is 19.0 Å². The number of rotatable bonds is 3. The third-order valence-corrected chi connectivity index (χ3v) is 2.69. The van der Waals surface area contributed by atoms with Crippen molar-refractivity contribution in [2.75, 3.05) is 19.8 Å². The Bertz CT molecular complexity index is 369. The summed E-state index contributed by atoms with van der Waals surface area (Å²) < 4.78 is 16.5. The van der Waals surface area contributed by atoms with Gasteiger partial charge in [-0.25, -0.2) is 4.79 Å². The molecule has 0 aromatic carbocycles. The van der Waals surface area contributed by atoms with Gasteiger partial charge in [0.1, 0.15) is 17.9 Å². The van der Waals surface area contributed by atoms with Crippen LogP contribution in [0.25, 0.3) is 0 Å². The summed E-state index contributed by atoms with van der Waals surface area (Å²) in [5.74, 6) is 0. The quantitative estimate of drug-likeness (QED) is 0.748. The molecule has 1 aliphatic rings. The highest BCUT2D eigenvalue weighted by atomic mass is 16.7. The largest absolute Gasteiger partial charge is 0.444 e. The van der Waals surface area contributed by atoms with Gasteiger partial charge in [-0.2, -0.15) is 0 Å². The van der Waals surface area contributed by atoms with E-state index in [1.54, 1.807) is 20.8 Å². The lowest BCUT2D eigenvalue weighted by Gasteiger charge is -2.38. The van der Waals surface area contributed by atoms with Gasteiger partial charge in [0.25, 0.3) is 0 Å². The summed E-state index contributed by atoms with van der Waals surface area (Å²) in [6, 6.07) is -0.630. The highest BCUT2D eigenvalue weighted by Crippen LogP contribution is 2.19. The summed E-state index contributed by atoms with van der Waals surface area (Å²) in [6.45, 7) is 12.3. The van der Waals surface area contributed by atoms with E-state index in [4.69, 9.17) is 14.2 Å². The smallest absolute Gasteiger partial charge is 0.411 e. The zero-order chi connectivity index (χ0) is 16.3. The van der Waals surface area contributed by atoms with E-state index in [2.05, 4.69) is 20.8 Å². The van der Waals surface area contributed by atoms with E-state index in [0.717, 1.165) is 0 Å². The van der Waals surface area contributed by atoms with Crippen molar-refractivity contribution in [1.82, 2.24) is 4.90 Å². The highest BCUT2D eigenvalue weighted by Gasteiger charge is 2.35. The first-order chi connectivity index (χ1) is 9.52. The van der Waals surface area contributed by atoms with Crippen LogP contribution in [0, 0.1) is 5.41 Å². The number of carbonyl (C=O) groups is 2. The maximum atomic E-state index is 12.2. The van der Waals surface area contributed by atoms with Gasteiger partial charge in [0.15, 0.2) is 6.29 Å². The monoisotopic (exact) mass is 301 g/mol. The Kier molecular flexibility index (Phi) is 5.75. The molecule has 21 heavy (non-hydrogen) atoms. The molecule has 1 fully saturated rings. The minimum absolute atomic E-state index is 0.00160. The van der Waals surface area contributed by atoms with Crippen molar-refractivity contribution in [2.45, 2.75) is 59.5 Å². The van der Waals surface area contributed by atoms with E-state index in [1.165, 1.54) is 4.90 Å². The molecule has 0 saturated carbocycles. The van der Waals surface area contributed by atoms with Crippen LogP contribution in [0.5, 0.6) is 0 Å². The van der Waals surface area contributed by atoms with Gasteiger partial charge in [-0.3, -0.25) is 4.90 Å². The SMILES string of the molecule is CC(C)(C)CO[C@H]1CN(C(=O)OC(C)(C)C)[C@@H](C=O)CO1. The first-order valence-electron chi connectivity index (χ1n) is 7.20. The first-order valence-corrected chi connectivity index (χ1v) is 7.20. The number of aldehydes is 1. The predicted octanol–water partition coefficient (Wildman–Crippen LogP) is 2.21. The predicted molar refractivity (Wildman–Crippen MR) is 77.9 cm³/mol. The molecule has 1 rings (SSSR count). The number of ether oxygens (including phenoxy) is 3. The molecule has 0 aliphatic carbocycles. The molecule has 1 amide bonds. The topological polar surface area (TPSA) is 65.1 Å². The number of hydrogen-bond donors (Lipinski definition) is 0. The Morgan fingerprint density at radius 1 is 1.29 bits per heavy atom. The van der Waals surface area contributed by atoms with E-state index in [1.807, 2.05) is 0 Å². The fourth-order valence-corrected chi connectivity index (χ4v) is 1.73. The van der Waals surface area contributed by atoms with E-state index < -0.39 is 24.0 Å².